The van der Waals surface area contributed by atoms with Crippen molar-refractivity contribution >= 4 is 0 Å². The van der Waals surface area contributed by atoms with Gasteiger partial charge >= 0.3 is 0 Å². The number of hydrogen-bond acceptors (Lipinski definition) is 1. The molecule has 0 radical (unpaired) electrons. The summed E-state index contributed by atoms with van der Waals surface area (Å²) in [5.41, 5.74) is 3.60. The molecule has 0 N–H and O–H groups in total. The van der Waals surface area contributed by atoms with Crippen LogP contribution in [0.4, 0.5) is 0 Å². The lowest BCUT2D eigenvalue weighted by atomic mass is 10.1. The maximum atomic E-state index is 4.30. The van der Waals surface area contributed by atoms with Crippen LogP contribution in [0.15, 0.2) is 24.9 Å². The zero-order chi connectivity index (χ0) is 8.27. The maximum absolute atomic E-state index is 4.30. The first kappa shape index (κ1) is 7.99. The SMILES string of the molecule is C=CCc1ncc(C)cc1C. The van der Waals surface area contributed by atoms with Crippen LogP contribution in [-0.4, -0.2) is 4.98 Å². The van der Waals surface area contributed by atoms with Gasteiger partial charge in [-0.25, -0.2) is 0 Å². The molecular formula is C10H13N. The Labute approximate surface area is 67.8 Å². The van der Waals surface area contributed by atoms with Gasteiger partial charge in [0.2, 0.25) is 0 Å². The predicted octanol–water partition coefficient (Wildman–Crippen LogP) is 2.43. The first-order valence-corrected chi connectivity index (χ1v) is 3.77. The number of aromatic nitrogens is 1. The second kappa shape index (κ2) is 3.33. The third kappa shape index (κ3) is 1.90. The van der Waals surface area contributed by atoms with E-state index in [2.05, 4.69) is 31.5 Å². The average Bonchev–Trinajstić information content (AvgIpc) is 1.95. The Balaban J connectivity index is 2.98. The molecule has 0 saturated heterocycles. The van der Waals surface area contributed by atoms with Gasteiger partial charge in [0.1, 0.15) is 0 Å². The smallest absolute Gasteiger partial charge is 0.0470 e. The van der Waals surface area contributed by atoms with Crippen molar-refractivity contribution in [1.29, 1.82) is 0 Å². The van der Waals surface area contributed by atoms with Gasteiger partial charge in [0, 0.05) is 18.3 Å². The Morgan fingerprint density at radius 1 is 1.55 bits per heavy atom. The molecule has 0 aliphatic heterocycles. The largest absolute Gasteiger partial charge is 0.260 e. The van der Waals surface area contributed by atoms with E-state index in [4.69, 9.17) is 0 Å². The van der Waals surface area contributed by atoms with Crippen molar-refractivity contribution in [3.63, 3.8) is 0 Å². The van der Waals surface area contributed by atoms with Gasteiger partial charge < -0.3 is 0 Å². The van der Waals surface area contributed by atoms with Crippen molar-refractivity contribution in [3.8, 4) is 0 Å². The van der Waals surface area contributed by atoms with Crippen LogP contribution in [-0.2, 0) is 6.42 Å². The molecule has 0 atom stereocenters. The number of aryl methyl sites for hydroxylation is 2. The molecule has 0 aliphatic carbocycles. The van der Waals surface area contributed by atoms with Gasteiger partial charge in [0.25, 0.3) is 0 Å². The highest BCUT2D eigenvalue weighted by molar-refractivity contribution is 5.24. The van der Waals surface area contributed by atoms with Crippen LogP contribution < -0.4 is 0 Å². The summed E-state index contributed by atoms with van der Waals surface area (Å²) in [6.07, 6.45) is 4.64. The molecule has 0 saturated carbocycles. The molecule has 1 nitrogen and oxygen atoms in total. The fourth-order valence-corrected chi connectivity index (χ4v) is 1.09. The van der Waals surface area contributed by atoms with Crippen molar-refractivity contribution in [2.75, 3.05) is 0 Å². The first-order chi connectivity index (χ1) is 5.24. The number of rotatable bonds is 2. The van der Waals surface area contributed by atoms with E-state index in [1.54, 1.807) is 0 Å². The van der Waals surface area contributed by atoms with Crippen LogP contribution in [0.1, 0.15) is 16.8 Å². The lowest BCUT2D eigenvalue weighted by Crippen LogP contribution is -1.92. The number of hydrogen-bond donors (Lipinski definition) is 0. The van der Waals surface area contributed by atoms with Gasteiger partial charge in [0.15, 0.2) is 0 Å². The van der Waals surface area contributed by atoms with E-state index in [0.717, 1.165) is 12.1 Å². The van der Waals surface area contributed by atoms with E-state index in [1.807, 2.05) is 12.3 Å². The molecule has 0 fully saturated rings. The molecule has 0 amide bonds. The molecule has 0 bridgehead atoms. The standard InChI is InChI=1S/C10H13N/c1-4-5-10-9(3)6-8(2)7-11-10/h4,6-7H,1,5H2,2-3H3. The molecule has 0 aliphatic rings. The molecule has 1 heteroatoms. The van der Waals surface area contributed by atoms with E-state index in [0.29, 0.717) is 0 Å². The fraction of sp³-hybridized carbons (Fsp3) is 0.300. The van der Waals surface area contributed by atoms with Crippen LogP contribution in [0, 0.1) is 13.8 Å². The molecule has 1 aromatic rings. The van der Waals surface area contributed by atoms with E-state index < -0.39 is 0 Å². The third-order valence-corrected chi connectivity index (χ3v) is 1.66. The molecule has 0 unspecified atom stereocenters. The first-order valence-electron chi connectivity index (χ1n) is 3.77. The highest BCUT2D eigenvalue weighted by atomic mass is 14.7. The molecular weight excluding hydrogens is 134 g/mol. The van der Waals surface area contributed by atoms with Gasteiger partial charge in [-0.2, -0.15) is 0 Å². The summed E-state index contributed by atoms with van der Waals surface area (Å²) in [6, 6.07) is 2.14. The van der Waals surface area contributed by atoms with Gasteiger partial charge in [-0.1, -0.05) is 12.1 Å². The molecule has 58 valence electrons. The lowest BCUT2D eigenvalue weighted by molar-refractivity contribution is 1.06. The Bertz CT molecular complexity index is 264. The second-order valence-corrected chi connectivity index (χ2v) is 2.77. The number of nitrogens with zero attached hydrogens (tertiary/aromatic N) is 1. The summed E-state index contributed by atoms with van der Waals surface area (Å²) in [5, 5.41) is 0. The summed E-state index contributed by atoms with van der Waals surface area (Å²) in [4.78, 5) is 4.30. The van der Waals surface area contributed by atoms with Gasteiger partial charge in [-0.3, -0.25) is 4.98 Å². The van der Waals surface area contributed by atoms with Gasteiger partial charge in [-0.15, -0.1) is 6.58 Å². The highest BCUT2D eigenvalue weighted by Gasteiger charge is 1.96. The van der Waals surface area contributed by atoms with Crippen LogP contribution in [0.2, 0.25) is 0 Å². The van der Waals surface area contributed by atoms with Crippen molar-refractivity contribution in [3.05, 3.63) is 41.7 Å². The van der Waals surface area contributed by atoms with E-state index >= 15 is 0 Å². The normalized spacial score (nSPS) is 9.64. The Kier molecular flexibility index (Phi) is 2.42. The summed E-state index contributed by atoms with van der Waals surface area (Å²) in [5.74, 6) is 0. The number of pyridine rings is 1. The monoisotopic (exact) mass is 147 g/mol. The molecule has 0 spiro atoms. The van der Waals surface area contributed by atoms with Crippen molar-refractivity contribution in [2.45, 2.75) is 20.3 Å². The average molecular weight is 147 g/mol. The Morgan fingerprint density at radius 3 is 2.82 bits per heavy atom. The van der Waals surface area contributed by atoms with E-state index in [-0.39, 0.29) is 0 Å². The summed E-state index contributed by atoms with van der Waals surface area (Å²) in [6.45, 7) is 7.81. The summed E-state index contributed by atoms with van der Waals surface area (Å²) >= 11 is 0. The number of allylic oxidation sites excluding steroid dienone is 1. The van der Waals surface area contributed by atoms with Gasteiger partial charge in [0.05, 0.1) is 0 Å². The lowest BCUT2D eigenvalue weighted by Gasteiger charge is -2.01. The van der Waals surface area contributed by atoms with Crippen molar-refractivity contribution in [2.24, 2.45) is 0 Å². The minimum Gasteiger partial charge on any atom is -0.260 e. The zero-order valence-electron chi connectivity index (χ0n) is 7.09. The summed E-state index contributed by atoms with van der Waals surface area (Å²) < 4.78 is 0. The quantitative estimate of drug-likeness (QED) is 0.585. The summed E-state index contributed by atoms with van der Waals surface area (Å²) in [7, 11) is 0. The van der Waals surface area contributed by atoms with Gasteiger partial charge in [-0.05, 0) is 25.0 Å². The van der Waals surface area contributed by atoms with Crippen molar-refractivity contribution < 1.29 is 0 Å². The maximum Gasteiger partial charge on any atom is 0.0470 e. The Morgan fingerprint density at radius 2 is 2.27 bits per heavy atom. The molecule has 1 heterocycles. The van der Waals surface area contributed by atoms with Crippen LogP contribution in [0.3, 0.4) is 0 Å². The molecule has 1 rings (SSSR count). The minimum absolute atomic E-state index is 0.867. The van der Waals surface area contributed by atoms with E-state index in [9.17, 15) is 0 Å². The van der Waals surface area contributed by atoms with Crippen LogP contribution in [0.5, 0.6) is 0 Å². The molecule has 1 aromatic heterocycles. The minimum atomic E-state index is 0.867. The topological polar surface area (TPSA) is 12.9 Å². The van der Waals surface area contributed by atoms with E-state index in [1.165, 1.54) is 11.1 Å². The zero-order valence-corrected chi connectivity index (χ0v) is 7.09. The highest BCUT2D eigenvalue weighted by Crippen LogP contribution is 2.07. The fourth-order valence-electron chi connectivity index (χ4n) is 1.09. The van der Waals surface area contributed by atoms with Crippen LogP contribution in [0.25, 0.3) is 0 Å². The molecule has 0 aromatic carbocycles. The van der Waals surface area contributed by atoms with Crippen molar-refractivity contribution in [1.82, 2.24) is 4.98 Å². The Hall–Kier alpha value is -1.11. The second-order valence-electron chi connectivity index (χ2n) is 2.77. The predicted molar refractivity (Wildman–Crippen MR) is 47.6 cm³/mol. The van der Waals surface area contributed by atoms with Crippen LogP contribution >= 0.6 is 0 Å². The molecule has 11 heavy (non-hydrogen) atoms. The third-order valence-electron chi connectivity index (χ3n) is 1.66.